The van der Waals surface area contributed by atoms with Crippen molar-refractivity contribution in [3.63, 3.8) is 0 Å². The molecule has 0 saturated carbocycles. The lowest BCUT2D eigenvalue weighted by Crippen LogP contribution is -2.42. The van der Waals surface area contributed by atoms with Gasteiger partial charge in [-0.25, -0.2) is 0 Å². The van der Waals surface area contributed by atoms with E-state index in [-0.39, 0.29) is 12.0 Å². The molecule has 2 aromatic carbocycles. The minimum atomic E-state index is 0.00891. The molecule has 2 aromatic rings. The predicted octanol–water partition coefficient (Wildman–Crippen LogP) is 3.49. The van der Waals surface area contributed by atoms with E-state index in [0.29, 0.717) is 23.8 Å². The number of piperidine rings is 1. The van der Waals surface area contributed by atoms with Crippen molar-refractivity contribution in [2.24, 2.45) is 0 Å². The van der Waals surface area contributed by atoms with Crippen molar-refractivity contribution in [3.8, 4) is 17.2 Å². The van der Waals surface area contributed by atoms with Gasteiger partial charge in [-0.2, -0.15) is 0 Å². The molecule has 1 aliphatic heterocycles. The van der Waals surface area contributed by atoms with Crippen molar-refractivity contribution < 1.29 is 19.0 Å². The highest BCUT2D eigenvalue weighted by Gasteiger charge is 2.24. The van der Waals surface area contributed by atoms with E-state index in [1.54, 1.807) is 14.2 Å². The number of hydrogen-bond acceptors (Lipinski definition) is 5. The second-order valence-corrected chi connectivity index (χ2v) is 7.00. The Balaban J connectivity index is 1.49. The van der Waals surface area contributed by atoms with Gasteiger partial charge in [0, 0.05) is 18.8 Å². The molecule has 28 heavy (non-hydrogen) atoms. The molecule has 3 rings (SSSR count). The van der Waals surface area contributed by atoms with Gasteiger partial charge in [-0.15, -0.1) is 0 Å². The van der Waals surface area contributed by atoms with Crippen LogP contribution in [0.3, 0.4) is 0 Å². The highest BCUT2D eigenvalue weighted by molar-refractivity contribution is 5.92. The summed E-state index contributed by atoms with van der Waals surface area (Å²) in [4.78, 5) is 14.4. The Morgan fingerprint density at radius 2 is 1.64 bits per heavy atom. The quantitative estimate of drug-likeness (QED) is 0.792. The lowest BCUT2D eigenvalue weighted by molar-refractivity contribution is -0.117. The van der Waals surface area contributed by atoms with E-state index in [0.717, 1.165) is 31.6 Å². The summed E-state index contributed by atoms with van der Waals surface area (Å²) in [6, 6.07) is 13.4. The van der Waals surface area contributed by atoms with Crippen LogP contribution < -0.4 is 19.5 Å². The number of para-hydroxylation sites is 1. The second kappa shape index (κ2) is 9.46. The van der Waals surface area contributed by atoms with Crippen molar-refractivity contribution in [1.82, 2.24) is 4.90 Å². The zero-order valence-corrected chi connectivity index (χ0v) is 16.7. The number of anilines is 1. The largest absolute Gasteiger partial charge is 0.493 e. The maximum absolute atomic E-state index is 12.3. The van der Waals surface area contributed by atoms with E-state index in [1.807, 2.05) is 49.4 Å². The van der Waals surface area contributed by atoms with Crippen molar-refractivity contribution in [3.05, 3.63) is 48.0 Å². The molecule has 1 saturated heterocycles. The van der Waals surface area contributed by atoms with E-state index in [1.165, 1.54) is 5.56 Å². The third-order valence-electron chi connectivity index (χ3n) is 4.90. The fourth-order valence-electron chi connectivity index (χ4n) is 3.33. The SMILES string of the molecule is COc1cccc(OC)c1OC1CCN(CC(=O)Nc2ccc(C)cc2)CC1. The molecular formula is C22H28N2O4. The Labute approximate surface area is 166 Å². The molecule has 0 aromatic heterocycles. The third kappa shape index (κ3) is 5.16. The topological polar surface area (TPSA) is 60.0 Å². The molecule has 0 radical (unpaired) electrons. The number of aryl methyl sites for hydroxylation is 1. The van der Waals surface area contributed by atoms with E-state index >= 15 is 0 Å². The fourth-order valence-corrected chi connectivity index (χ4v) is 3.33. The Bertz CT molecular complexity index is 761. The average Bonchev–Trinajstić information content (AvgIpc) is 2.71. The number of benzene rings is 2. The van der Waals surface area contributed by atoms with Crippen LogP contribution in [0.25, 0.3) is 0 Å². The van der Waals surface area contributed by atoms with Crippen LogP contribution in [-0.4, -0.2) is 50.8 Å². The number of methoxy groups -OCH3 is 2. The van der Waals surface area contributed by atoms with Gasteiger partial charge < -0.3 is 19.5 Å². The summed E-state index contributed by atoms with van der Waals surface area (Å²) in [5.74, 6) is 1.98. The first-order valence-electron chi connectivity index (χ1n) is 9.55. The lowest BCUT2D eigenvalue weighted by atomic mass is 10.1. The van der Waals surface area contributed by atoms with Gasteiger partial charge in [-0.05, 0) is 44.0 Å². The zero-order valence-electron chi connectivity index (χ0n) is 16.7. The van der Waals surface area contributed by atoms with Crippen LogP contribution in [0.1, 0.15) is 18.4 Å². The normalized spacial score (nSPS) is 15.1. The molecule has 0 atom stereocenters. The first-order chi connectivity index (χ1) is 13.6. The Morgan fingerprint density at radius 3 is 2.21 bits per heavy atom. The number of hydrogen-bond donors (Lipinski definition) is 1. The van der Waals surface area contributed by atoms with Gasteiger partial charge in [-0.3, -0.25) is 9.69 Å². The minimum Gasteiger partial charge on any atom is -0.493 e. The van der Waals surface area contributed by atoms with Gasteiger partial charge in [0.1, 0.15) is 6.10 Å². The summed E-state index contributed by atoms with van der Waals surface area (Å²) in [6.45, 7) is 4.03. The highest BCUT2D eigenvalue weighted by atomic mass is 16.5. The van der Waals surface area contributed by atoms with E-state index < -0.39 is 0 Å². The second-order valence-electron chi connectivity index (χ2n) is 7.00. The van der Waals surface area contributed by atoms with E-state index in [2.05, 4.69) is 10.2 Å². The van der Waals surface area contributed by atoms with Crippen LogP contribution in [0.15, 0.2) is 42.5 Å². The molecule has 0 aliphatic carbocycles. The van der Waals surface area contributed by atoms with Gasteiger partial charge in [0.05, 0.1) is 20.8 Å². The standard InChI is InChI=1S/C22H28N2O4/c1-16-7-9-17(10-8-16)23-21(25)15-24-13-11-18(12-14-24)28-22-19(26-2)5-4-6-20(22)27-3/h4-10,18H,11-15H2,1-3H3,(H,23,25). The zero-order chi connectivity index (χ0) is 19.9. The van der Waals surface area contributed by atoms with Crippen LogP contribution in [0.5, 0.6) is 17.2 Å². The Hall–Kier alpha value is -2.73. The van der Waals surface area contributed by atoms with Crippen molar-refractivity contribution >= 4 is 11.6 Å². The minimum absolute atomic E-state index is 0.00891. The average molecular weight is 384 g/mol. The lowest BCUT2D eigenvalue weighted by Gasteiger charge is -2.32. The molecular weight excluding hydrogens is 356 g/mol. The molecule has 1 N–H and O–H groups in total. The molecule has 0 bridgehead atoms. The number of likely N-dealkylation sites (tertiary alicyclic amines) is 1. The van der Waals surface area contributed by atoms with Gasteiger partial charge in [0.25, 0.3) is 0 Å². The number of ether oxygens (including phenoxy) is 3. The van der Waals surface area contributed by atoms with Gasteiger partial charge in [0.2, 0.25) is 11.7 Å². The summed E-state index contributed by atoms with van der Waals surface area (Å²) in [7, 11) is 3.24. The summed E-state index contributed by atoms with van der Waals surface area (Å²) >= 11 is 0. The molecule has 0 spiro atoms. The maximum Gasteiger partial charge on any atom is 0.238 e. The van der Waals surface area contributed by atoms with Crippen molar-refractivity contribution in [2.75, 3.05) is 39.2 Å². The molecule has 1 heterocycles. The Kier molecular flexibility index (Phi) is 6.76. The number of nitrogens with zero attached hydrogens (tertiary/aromatic N) is 1. The molecule has 1 aliphatic rings. The van der Waals surface area contributed by atoms with Crippen molar-refractivity contribution in [2.45, 2.75) is 25.9 Å². The van der Waals surface area contributed by atoms with Gasteiger partial charge >= 0.3 is 0 Å². The highest BCUT2D eigenvalue weighted by Crippen LogP contribution is 2.38. The fraction of sp³-hybridized carbons (Fsp3) is 0.409. The number of amides is 1. The Morgan fingerprint density at radius 1 is 1.04 bits per heavy atom. The maximum atomic E-state index is 12.3. The third-order valence-corrected chi connectivity index (χ3v) is 4.90. The van der Waals surface area contributed by atoms with Crippen LogP contribution >= 0.6 is 0 Å². The van der Waals surface area contributed by atoms with Crippen LogP contribution in [0.4, 0.5) is 5.69 Å². The number of nitrogens with one attached hydrogen (secondary N) is 1. The van der Waals surface area contributed by atoms with Crippen LogP contribution in [0, 0.1) is 6.92 Å². The first-order valence-corrected chi connectivity index (χ1v) is 9.55. The molecule has 6 heteroatoms. The van der Waals surface area contributed by atoms with Gasteiger partial charge in [0.15, 0.2) is 11.5 Å². The number of carbonyl (C=O) groups is 1. The van der Waals surface area contributed by atoms with Gasteiger partial charge in [-0.1, -0.05) is 23.8 Å². The molecule has 150 valence electrons. The summed E-state index contributed by atoms with van der Waals surface area (Å²) in [5, 5.41) is 2.95. The number of carbonyl (C=O) groups excluding carboxylic acids is 1. The monoisotopic (exact) mass is 384 g/mol. The number of rotatable bonds is 7. The summed E-state index contributed by atoms with van der Waals surface area (Å²) in [6.07, 6.45) is 1.76. The summed E-state index contributed by atoms with van der Waals surface area (Å²) < 4.78 is 17.0. The molecule has 0 unspecified atom stereocenters. The molecule has 6 nitrogen and oxygen atoms in total. The van der Waals surface area contributed by atoms with Crippen LogP contribution in [0.2, 0.25) is 0 Å². The molecule has 1 amide bonds. The van der Waals surface area contributed by atoms with E-state index in [4.69, 9.17) is 14.2 Å². The van der Waals surface area contributed by atoms with Crippen molar-refractivity contribution in [1.29, 1.82) is 0 Å². The first kappa shape index (κ1) is 20.0. The van der Waals surface area contributed by atoms with E-state index in [9.17, 15) is 4.79 Å². The smallest absolute Gasteiger partial charge is 0.238 e. The summed E-state index contributed by atoms with van der Waals surface area (Å²) in [5.41, 5.74) is 2.00. The van der Waals surface area contributed by atoms with Crippen LogP contribution in [-0.2, 0) is 4.79 Å². The molecule has 1 fully saturated rings. The predicted molar refractivity (Wildman–Crippen MR) is 109 cm³/mol.